The van der Waals surface area contributed by atoms with Gasteiger partial charge in [0.15, 0.2) is 0 Å². The first-order chi connectivity index (χ1) is 9.15. The second-order valence-electron chi connectivity index (χ2n) is 5.21. The molecule has 0 aromatic heterocycles. The van der Waals surface area contributed by atoms with Gasteiger partial charge >= 0.3 is 0 Å². The fourth-order valence-corrected chi connectivity index (χ4v) is 3.06. The van der Waals surface area contributed by atoms with Gasteiger partial charge in [0.2, 0.25) is 0 Å². The van der Waals surface area contributed by atoms with Crippen molar-refractivity contribution in [3.63, 3.8) is 0 Å². The molecule has 1 fully saturated rings. The number of hydrogen-bond acceptors (Lipinski definition) is 3. The Morgan fingerprint density at radius 1 is 1.53 bits per heavy atom. The average molecular weight is 327 g/mol. The minimum atomic E-state index is 0.583. The standard InChI is InChI=1S/C15H23BrN2O/c1-4-11(2)14-10-18(8-7-17-14)12-5-6-15(19-3)13(16)9-12/h5-6,9,11,14,17H,4,7-8,10H2,1-3H3. The molecule has 0 aliphatic carbocycles. The van der Waals surface area contributed by atoms with Gasteiger partial charge in [-0.15, -0.1) is 0 Å². The Balaban J connectivity index is 2.11. The van der Waals surface area contributed by atoms with Crippen LogP contribution in [0.3, 0.4) is 0 Å². The lowest BCUT2D eigenvalue weighted by Gasteiger charge is -2.38. The fraction of sp³-hybridized carbons (Fsp3) is 0.600. The van der Waals surface area contributed by atoms with Crippen LogP contribution in [-0.2, 0) is 0 Å². The van der Waals surface area contributed by atoms with Crippen LogP contribution < -0.4 is 15.0 Å². The molecule has 1 N–H and O–H groups in total. The third kappa shape index (κ3) is 3.42. The molecule has 3 nitrogen and oxygen atoms in total. The number of benzene rings is 1. The molecular formula is C15H23BrN2O. The van der Waals surface area contributed by atoms with Gasteiger partial charge in [-0.25, -0.2) is 0 Å². The zero-order chi connectivity index (χ0) is 13.8. The van der Waals surface area contributed by atoms with E-state index in [1.54, 1.807) is 7.11 Å². The van der Waals surface area contributed by atoms with Crippen molar-refractivity contribution in [3.8, 4) is 5.75 Å². The van der Waals surface area contributed by atoms with Gasteiger partial charge in [0, 0.05) is 31.4 Å². The van der Waals surface area contributed by atoms with Crippen molar-refractivity contribution in [2.75, 3.05) is 31.6 Å². The van der Waals surface area contributed by atoms with Crippen LogP contribution in [0, 0.1) is 5.92 Å². The minimum absolute atomic E-state index is 0.583. The lowest BCUT2D eigenvalue weighted by molar-refractivity contribution is 0.341. The molecule has 0 saturated carbocycles. The summed E-state index contributed by atoms with van der Waals surface area (Å²) in [4.78, 5) is 2.46. The summed E-state index contributed by atoms with van der Waals surface area (Å²) in [5.41, 5.74) is 1.27. The van der Waals surface area contributed by atoms with Crippen LogP contribution >= 0.6 is 15.9 Å². The molecule has 1 heterocycles. The summed E-state index contributed by atoms with van der Waals surface area (Å²) in [6.07, 6.45) is 1.22. The maximum atomic E-state index is 5.29. The first-order valence-corrected chi connectivity index (χ1v) is 7.76. The summed E-state index contributed by atoms with van der Waals surface area (Å²) in [7, 11) is 1.70. The molecule has 1 saturated heterocycles. The van der Waals surface area contributed by atoms with E-state index in [9.17, 15) is 0 Å². The van der Waals surface area contributed by atoms with Crippen LogP contribution in [0.15, 0.2) is 22.7 Å². The number of rotatable bonds is 4. The van der Waals surface area contributed by atoms with Gasteiger partial charge in [0.25, 0.3) is 0 Å². The van der Waals surface area contributed by atoms with Crippen LogP contribution in [0.5, 0.6) is 5.75 Å². The van der Waals surface area contributed by atoms with Crippen molar-refractivity contribution in [1.82, 2.24) is 5.32 Å². The van der Waals surface area contributed by atoms with E-state index in [4.69, 9.17) is 4.74 Å². The highest BCUT2D eigenvalue weighted by molar-refractivity contribution is 9.10. The van der Waals surface area contributed by atoms with E-state index in [-0.39, 0.29) is 0 Å². The predicted molar refractivity (Wildman–Crippen MR) is 84.2 cm³/mol. The van der Waals surface area contributed by atoms with Crippen molar-refractivity contribution >= 4 is 21.6 Å². The monoisotopic (exact) mass is 326 g/mol. The van der Waals surface area contributed by atoms with Gasteiger partial charge in [-0.05, 0) is 40.0 Å². The molecular weight excluding hydrogens is 304 g/mol. The summed E-state index contributed by atoms with van der Waals surface area (Å²) < 4.78 is 6.31. The predicted octanol–water partition coefficient (Wildman–Crippen LogP) is 3.28. The van der Waals surface area contributed by atoms with Crippen molar-refractivity contribution in [2.24, 2.45) is 5.92 Å². The number of hydrogen-bond donors (Lipinski definition) is 1. The van der Waals surface area contributed by atoms with Crippen LogP contribution in [0.1, 0.15) is 20.3 Å². The van der Waals surface area contributed by atoms with Gasteiger partial charge in [-0.2, -0.15) is 0 Å². The topological polar surface area (TPSA) is 24.5 Å². The van der Waals surface area contributed by atoms with E-state index < -0.39 is 0 Å². The molecule has 0 radical (unpaired) electrons. The highest BCUT2D eigenvalue weighted by atomic mass is 79.9. The molecule has 19 heavy (non-hydrogen) atoms. The summed E-state index contributed by atoms with van der Waals surface area (Å²) in [5, 5.41) is 3.63. The second-order valence-corrected chi connectivity index (χ2v) is 6.07. The van der Waals surface area contributed by atoms with E-state index in [1.807, 2.05) is 6.07 Å². The van der Waals surface area contributed by atoms with Crippen LogP contribution in [0.2, 0.25) is 0 Å². The van der Waals surface area contributed by atoms with E-state index in [0.717, 1.165) is 29.9 Å². The highest BCUT2D eigenvalue weighted by Gasteiger charge is 2.23. The Labute approximate surface area is 124 Å². The van der Waals surface area contributed by atoms with Gasteiger partial charge in [-0.3, -0.25) is 0 Å². The van der Waals surface area contributed by atoms with Gasteiger partial charge in [0.1, 0.15) is 5.75 Å². The third-order valence-electron chi connectivity index (χ3n) is 4.04. The van der Waals surface area contributed by atoms with Crippen molar-refractivity contribution in [1.29, 1.82) is 0 Å². The molecule has 1 aliphatic heterocycles. The van der Waals surface area contributed by atoms with Crippen LogP contribution in [-0.4, -0.2) is 32.8 Å². The Morgan fingerprint density at radius 3 is 2.95 bits per heavy atom. The van der Waals surface area contributed by atoms with Crippen molar-refractivity contribution in [2.45, 2.75) is 26.3 Å². The largest absolute Gasteiger partial charge is 0.496 e. The van der Waals surface area contributed by atoms with Crippen LogP contribution in [0.25, 0.3) is 0 Å². The zero-order valence-electron chi connectivity index (χ0n) is 11.9. The van der Waals surface area contributed by atoms with E-state index in [1.165, 1.54) is 12.1 Å². The number of ether oxygens (including phenoxy) is 1. The smallest absolute Gasteiger partial charge is 0.133 e. The maximum absolute atomic E-state index is 5.29. The number of nitrogens with one attached hydrogen (secondary N) is 1. The van der Waals surface area contributed by atoms with Gasteiger partial charge < -0.3 is 15.0 Å². The average Bonchev–Trinajstić information content (AvgIpc) is 2.46. The zero-order valence-corrected chi connectivity index (χ0v) is 13.5. The Kier molecular flexibility index (Phi) is 5.11. The molecule has 2 rings (SSSR count). The molecule has 1 aliphatic rings. The summed E-state index contributed by atoms with van der Waals surface area (Å²) in [6, 6.07) is 6.90. The number of halogens is 1. The fourth-order valence-electron chi connectivity index (χ4n) is 2.53. The Morgan fingerprint density at radius 2 is 2.32 bits per heavy atom. The Hall–Kier alpha value is -0.740. The lowest BCUT2D eigenvalue weighted by atomic mass is 9.97. The number of nitrogens with zero attached hydrogens (tertiary/aromatic N) is 1. The summed E-state index contributed by atoms with van der Waals surface area (Å²) in [6.45, 7) is 7.78. The molecule has 1 aromatic carbocycles. The molecule has 2 unspecified atom stereocenters. The summed E-state index contributed by atoms with van der Waals surface area (Å²) in [5.74, 6) is 1.60. The molecule has 0 bridgehead atoms. The first-order valence-electron chi connectivity index (χ1n) is 6.97. The van der Waals surface area contributed by atoms with E-state index in [0.29, 0.717) is 12.0 Å². The van der Waals surface area contributed by atoms with Crippen molar-refractivity contribution in [3.05, 3.63) is 22.7 Å². The number of anilines is 1. The second kappa shape index (κ2) is 6.62. The SMILES string of the molecule is CCC(C)C1CN(c2ccc(OC)c(Br)c2)CCN1. The minimum Gasteiger partial charge on any atom is -0.496 e. The molecule has 0 spiro atoms. The highest BCUT2D eigenvalue weighted by Crippen LogP contribution is 2.30. The number of piperazine rings is 1. The quantitative estimate of drug-likeness (QED) is 0.918. The van der Waals surface area contributed by atoms with E-state index in [2.05, 4.69) is 52.1 Å². The molecule has 2 atom stereocenters. The normalized spacial score (nSPS) is 21.3. The molecule has 106 valence electrons. The summed E-state index contributed by atoms with van der Waals surface area (Å²) >= 11 is 3.56. The van der Waals surface area contributed by atoms with Crippen molar-refractivity contribution < 1.29 is 4.74 Å². The first kappa shape index (κ1) is 14.7. The van der Waals surface area contributed by atoms with Crippen LogP contribution in [0.4, 0.5) is 5.69 Å². The molecule has 4 heteroatoms. The number of methoxy groups -OCH3 is 1. The molecule has 0 amide bonds. The Bertz CT molecular complexity index is 425. The van der Waals surface area contributed by atoms with Gasteiger partial charge in [0.05, 0.1) is 11.6 Å². The van der Waals surface area contributed by atoms with Gasteiger partial charge in [-0.1, -0.05) is 20.3 Å². The third-order valence-corrected chi connectivity index (χ3v) is 4.66. The van der Waals surface area contributed by atoms with E-state index >= 15 is 0 Å². The molecule has 1 aromatic rings. The maximum Gasteiger partial charge on any atom is 0.133 e. The lowest BCUT2D eigenvalue weighted by Crippen LogP contribution is -2.53.